The Hall–Kier alpha value is -1.65. The average Bonchev–Trinajstić information content (AvgIpc) is 3.29. The minimum Gasteiger partial charge on any atom is -0.342 e. The summed E-state index contributed by atoms with van der Waals surface area (Å²) in [5.41, 5.74) is 2.03. The van der Waals surface area contributed by atoms with Gasteiger partial charge in [-0.05, 0) is 45.6 Å². The lowest BCUT2D eigenvalue weighted by atomic mass is 10.0. The van der Waals surface area contributed by atoms with Gasteiger partial charge in [-0.15, -0.1) is 0 Å². The van der Waals surface area contributed by atoms with Gasteiger partial charge in [-0.2, -0.15) is 0 Å². The van der Waals surface area contributed by atoms with Crippen LogP contribution >= 0.6 is 0 Å². The Labute approximate surface area is 126 Å². The lowest BCUT2D eigenvalue weighted by molar-refractivity contribution is -0.133. The number of aryl methyl sites for hydroxylation is 2. The van der Waals surface area contributed by atoms with Gasteiger partial charge in [0.15, 0.2) is 0 Å². The highest BCUT2D eigenvalue weighted by atomic mass is 16.2. The number of carbonyl (C=O) groups excluding carboxylic acids is 1. The molecule has 1 saturated heterocycles. The second-order valence-corrected chi connectivity index (χ2v) is 6.39. The molecule has 1 aliphatic heterocycles. The van der Waals surface area contributed by atoms with Crippen molar-refractivity contribution in [3.8, 4) is 0 Å². The van der Waals surface area contributed by atoms with Crippen LogP contribution in [0.2, 0.25) is 0 Å². The first-order chi connectivity index (χ1) is 10.0. The number of piperidine rings is 1. The van der Waals surface area contributed by atoms with Gasteiger partial charge in [-0.3, -0.25) is 4.79 Å². The second-order valence-electron chi connectivity index (χ2n) is 6.39. The van der Waals surface area contributed by atoms with Gasteiger partial charge in [0.05, 0.1) is 0 Å². The molecule has 0 radical (unpaired) electrons. The summed E-state index contributed by atoms with van der Waals surface area (Å²) in [7, 11) is 1.97. The molecule has 2 aliphatic rings. The highest BCUT2D eigenvalue weighted by Gasteiger charge is 2.35. The van der Waals surface area contributed by atoms with Gasteiger partial charge in [0.25, 0.3) is 0 Å². The first-order valence-corrected chi connectivity index (χ1v) is 7.88. The highest BCUT2D eigenvalue weighted by molar-refractivity contribution is 5.81. The van der Waals surface area contributed by atoms with E-state index in [9.17, 15) is 4.79 Å². The molecule has 3 rings (SSSR count). The Morgan fingerprint density at radius 2 is 1.71 bits per heavy atom. The molecule has 0 aromatic carbocycles. The van der Waals surface area contributed by atoms with Gasteiger partial charge in [0.1, 0.15) is 0 Å². The van der Waals surface area contributed by atoms with E-state index in [4.69, 9.17) is 0 Å². The Balaban J connectivity index is 1.60. The molecule has 21 heavy (non-hydrogen) atoms. The van der Waals surface area contributed by atoms with E-state index in [1.807, 2.05) is 31.9 Å². The first kappa shape index (κ1) is 14.3. The molecule has 0 atom stereocenters. The van der Waals surface area contributed by atoms with Crippen LogP contribution in [0, 0.1) is 19.8 Å². The standard InChI is InChI=1S/C16H24N4O/c1-11-10-12(2)18-16(17-11)20-8-6-14(7-9-20)19(3)15(21)13-4-5-13/h10,13-14H,4-9H2,1-3H3. The van der Waals surface area contributed by atoms with Crippen LogP contribution < -0.4 is 4.90 Å². The third kappa shape index (κ3) is 3.17. The molecule has 2 fully saturated rings. The maximum absolute atomic E-state index is 12.1. The SMILES string of the molecule is Cc1cc(C)nc(N2CCC(N(C)C(=O)C3CC3)CC2)n1. The third-order valence-electron chi connectivity index (χ3n) is 4.54. The van der Waals surface area contributed by atoms with Crippen molar-refractivity contribution in [2.45, 2.75) is 45.6 Å². The predicted octanol–water partition coefficient (Wildman–Crippen LogP) is 1.93. The van der Waals surface area contributed by atoms with Crippen molar-refractivity contribution in [1.29, 1.82) is 0 Å². The van der Waals surface area contributed by atoms with Crippen molar-refractivity contribution in [2.75, 3.05) is 25.0 Å². The summed E-state index contributed by atoms with van der Waals surface area (Å²) in [6, 6.07) is 2.37. The van der Waals surface area contributed by atoms with Crippen LogP contribution in [0.4, 0.5) is 5.95 Å². The van der Waals surface area contributed by atoms with Crippen molar-refractivity contribution in [3.05, 3.63) is 17.5 Å². The van der Waals surface area contributed by atoms with Crippen LogP contribution in [0.5, 0.6) is 0 Å². The lowest BCUT2D eigenvalue weighted by Gasteiger charge is -2.37. The molecule has 0 unspecified atom stereocenters. The highest BCUT2D eigenvalue weighted by Crippen LogP contribution is 2.32. The number of hydrogen-bond donors (Lipinski definition) is 0. The topological polar surface area (TPSA) is 49.3 Å². The number of amides is 1. The van der Waals surface area contributed by atoms with Crippen molar-refractivity contribution >= 4 is 11.9 Å². The molecule has 1 amide bonds. The van der Waals surface area contributed by atoms with Gasteiger partial charge in [0.2, 0.25) is 11.9 Å². The fraction of sp³-hybridized carbons (Fsp3) is 0.688. The quantitative estimate of drug-likeness (QED) is 0.853. The Kier molecular flexibility index (Phi) is 3.83. The number of nitrogens with zero attached hydrogens (tertiary/aromatic N) is 4. The van der Waals surface area contributed by atoms with Gasteiger partial charge in [0, 0.05) is 43.5 Å². The van der Waals surface area contributed by atoms with Gasteiger partial charge in [-0.1, -0.05) is 0 Å². The zero-order valence-corrected chi connectivity index (χ0v) is 13.2. The molecule has 0 bridgehead atoms. The van der Waals surface area contributed by atoms with Gasteiger partial charge >= 0.3 is 0 Å². The molecule has 114 valence electrons. The van der Waals surface area contributed by atoms with E-state index in [-0.39, 0.29) is 0 Å². The number of aromatic nitrogens is 2. The van der Waals surface area contributed by atoms with Gasteiger partial charge < -0.3 is 9.80 Å². The summed E-state index contributed by atoms with van der Waals surface area (Å²) in [5.74, 6) is 1.49. The Morgan fingerprint density at radius 3 is 2.24 bits per heavy atom. The van der Waals surface area contributed by atoms with E-state index in [1.54, 1.807) is 0 Å². The molecule has 1 aromatic rings. The predicted molar refractivity (Wildman–Crippen MR) is 82.2 cm³/mol. The van der Waals surface area contributed by atoms with Crippen LogP contribution in [-0.4, -0.2) is 47.0 Å². The van der Waals surface area contributed by atoms with E-state index in [0.29, 0.717) is 17.9 Å². The average molecular weight is 288 g/mol. The van der Waals surface area contributed by atoms with Gasteiger partial charge in [-0.25, -0.2) is 9.97 Å². The van der Waals surface area contributed by atoms with Crippen LogP contribution in [0.1, 0.15) is 37.1 Å². The molecule has 1 aromatic heterocycles. The van der Waals surface area contributed by atoms with E-state index >= 15 is 0 Å². The molecule has 1 aliphatic carbocycles. The van der Waals surface area contributed by atoms with E-state index in [0.717, 1.165) is 56.1 Å². The number of rotatable bonds is 3. The summed E-state index contributed by atoms with van der Waals surface area (Å²) < 4.78 is 0. The van der Waals surface area contributed by atoms with Crippen LogP contribution in [-0.2, 0) is 4.79 Å². The molecule has 5 heteroatoms. The Bertz CT molecular complexity index is 513. The van der Waals surface area contributed by atoms with Crippen LogP contribution in [0.3, 0.4) is 0 Å². The molecular weight excluding hydrogens is 264 g/mol. The summed E-state index contributed by atoms with van der Waals surface area (Å²) in [6.45, 7) is 5.87. The molecule has 5 nitrogen and oxygen atoms in total. The zero-order valence-electron chi connectivity index (χ0n) is 13.2. The largest absolute Gasteiger partial charge is 0.342 e. The summed E-state index contributed by atoms with van der Waals surface area (Å²) in [5, 5.41) is 0. The van der Waals surface area contributed by atoms with Crippen molar-refractivity contribution in [2.24, 2.45) is 5.92 Å². The smallest absolute Gasteiger partial charge is 0.225 e. The fourth-order valence-electron chi connectivity index (χ4n) is 3.10. The number of hydrogen-bond acceptors (Lipinski definition) is 4. The normalized spacial score (nSPS) is 19.7. The van der Waals surface area contributed by atoms with E-state index < -0.39 is 0 Å². The minimum atomic E-state index is 0.316. The van der Waals surface area contributed by atoms with E-state index in [1.165, 1.54) is 0 Å². The third-order valence-corrected chi connectivity index (χ3v) is 4.54. The molecule has 2 heterocycles. The molecule has 0 spiro atoms. The first-order valence-electron chi connectivity index (χ1n) is 7.88. The molecule has 1 saturated carbocycles. The van der Waals surface area contributed by atoms with Crippen molar-refractivity contribution in [1.82, 2.24) is 14.9 Å². The maximum Gasteiger partial charge on any atom is 0.225 e. The zero-order chi connectivity index (χ0) is 15.0. The number of anilines is 1. The lowest BCUT2D eigenvalue weighted by Crippen LogP contribution is -2.46. The maximum atomic E-state index is 12.1. The van der Waals surface area contributed by atoms with Crippen molar-refractivity contribution in [3.63, 3.8) is 0 Å². The van der Waals surface area contributed by atoms with Crippen LogP contribution in [0.15, 0.2) is 6.07 Å². The van der Waals surface area contributed by atoms with Crippen molar-refractivity contribution < 1.29 is 4.79 Å². The molecular formula is C16H24N4O. The molecule has 0 N–H and O–H groups in total. The summed E-state index contributed by atoms with van der Waals surface area (Å²) >= 11 is 0. The monoisotopic (exact) mass is 288 g/mol. The van der Waals surface area contributed by atoms with E-state index in [2.05, 4.69) is 14.9 Å². The summed E-state index contributed by atoms with van der Waals surface area (Å²) in [6.07, 6.45) is 4.17. The summed E-state index contributed by atoms with van der Waals surface area (Å²) in [4.78, 5) is 25.4. The number of carbonyl (C=O) groups is 1. The fourth-order valence-corrected chi connectivity index (χ4v) is 3.10. The van der Waals surface area contributed by atoms with Crippen LogP contribution in [0.25, 0.3) is 0 Å². The Morgan fingerprint density at radius 1 is 1.14 bits per heavy atom. The minimum absolute atomic E-state index is 0.316. The second kappa shape index (κ2) is 5.62.